The van der Waals surface area contributed by atoms with E-state index in [0.717, 1.165) is 6.20 Å². The maximum atomic E-state index is 14.6. The van der Waals surface area contributed by atoms with Crippen molar-refractivity contribution < 1.29 is 23.5 Å². The molecule has 2 aliphatic rings. The molecule has 0 saturated carbocycles. The maximum Gasteiger partial charge on any atom is 0.331 e. The zero-order valence-electron chi connectivity index (χ0n) is 23.0. The zero-order valence-corrected chi connectivity index (χ0v) is 23.0. The Labute approximate surface area is 227 Å². The van der Waals surface area contributed by atoms with E-state index in [4.69, 9.17) is 20.9 Å². The molecule has 1 aromatic heterocycles. The van der Waals surface area contributed by atoms with Gasteiger partial charge >= 0.3 is 11.9 Å². The summed E-state index contributed by atoms with van der Waals surface area (Å²) in [6.07, 6.45) is 11.5. The summed E-state index contributed by atoms with van der Waals surface area (Å²) in [5, 5.41) is 5.83. The summed E-state index contributed by atoms with van der Waals surface area (Å²) in [6.45, 7) is 10.6. The number of hydrogen-bond acceptors (Lipinski definition) is 10. The summed E-state index contributed by atoms with van der Waals surface area (Å²) >= 11 is 0. The van der Waals surface area contributed by atoms with Gasteiger partial charge in [0.05, 0.1) is 29.0 Å². The van der Waals surface area contributed by atoms with Crippen molar-refractivity contribution in [1.82, 2.24) is 9.97 Å². The lowest BCUT2D eigenvalue weighted by molar-refractivity contribution is -0.149. The first-order chi connectivity index (χ1) is 18.1. The van der Waals surface area contributed by atoms with Crippen molar-refractivity contribution in [2.24, 2.45) is 11.5 Å². The van der Waals surface area contributed by atoms with Gasteiger partial charge in [-0.2, -0.15) is 4.98 Å². The lowest BCUT2D eigenvalue weighted by atomic mass is 10.0. The Morgan fingerprint density at radius 2 is 1.33 bits per heavy atom. The van der Waals surface area contributed by atoms with Crippen LogP contribution in [0.3, 0.4) is 0 Å². The number of hydrogen-bond donors (Lipinski definition) is 4. The predicted molar refractivity (Wildman–Crippen MR) is 147 cm³/mol. The second-order valence-corrected chi connectivity index (χ2v) is 10.9. The molecule has 0 saturated heterocycles. The van der Waals surface area contributed by atoms with Crippen LogP contribution >= 0.6 is 0 Å². The molecule has 39 heavy (non-hydrogen) atoms. The van der Waals surface area contributed by atoms with Crippen LogP contribution in [0.15, 0.2) is 76.6 Å². The Kier molecular flexibility index (Phi) is 8.63. The van der Waals surface area contributed by atoms with Crippen LogP contribution in [0.2, 0.25) is 0 Å². The van der Waals surface area contributed by atoms with E-state index < -0.39 is 29.0 Å². The number of aromatic nitrogens is 2. The highest BCUT2D eigenvalue weighted by molar-refractivity contribution is 5.85. The number of carbonyl (C=O) groups excluding carboxylic acids is 2. The number of ether oxygens (including phenoxy) is 2. The number of esters is 2. The predicted octanol–water partition coefficient (Wildman–Crippen LogP) is 4.24. The normalized spacial score (nSPS) is 18.0. The van der Waals surface area contributed by atoms with E-state index in [2.05, 4.69) is 20.6 Å². The van der Waals surface area contributed by atoms with Crippen LogP contribution in [0.1, 0.15) is 54.4 Å². The molecule has 1 aromatic rings. The average molecular weight is 539 g/mol. The van der Waals surface area contributed by atoms with Crippen LogP contribution in [0.4, 0.5) is 16.2 Å². The summed E-state index contributed by atoms with van der Waals surface area (Å²) in [7, 11) is 0. The van der Waals surface area contributed by atoms with Gasteiger partial charge in [-0.25, -0.2) is 19.0 Å². The fraction of sp³-hybridized carbons (Fsp3) is 0.357. The van der Waals surface area contributed by atoms with Crippen molar-refractivity contribution in [1.29, 1.82) is 0 Å². The molecule has 10 nitrogen and oxygen atoms in total. The first kappa shape index (κ1) is 29.2. The first-order valence-corrected chi connectivity index (χ1v) is 12.4. The SMILES string of the molecule is CC(C)(C)OC(=O)C=C1CC=CC(Nc2ncc(F)c(NC3=C(N)C(=CC(=O)OC(C)(C)C)CC=C3)n2)=C1N. The number of carbonyl (C=O) groups is 2. The van der Waals surface area contributed by atoms with E-state index in [1.165, 1.54) is 12.2 Å². The third-order valence-electron chi connectivity index (χ3n) is 5.16. The van der Waals surface area contributed by atoms with Crippen molar-refractivity contribution in [3.63, 3.8) is 0 Å². The van der Waals surface area contributed by atoms with Crippen LogP contribution in [-0.2, 0) is 19.1 Å². The monoisotopic (exact) mass is 538 g/mol. The molecule has 0 radical (unpaired) electrons. The van der Waals surface area contributed by atoms with Gasteiger partial charge in [0.2, 0.25) is 5.95 Å². The molecular formula is C28H35FN6O4. The van der Waals surface area contributed by atoms with Gasteiger partial charge in [0.15, 0.2) is 11.6 Å². The van der Waals surface area contributed by atoms with Crippen LogP contribution in [-0.4, -0.2) is 33.1 Å². The third kappa shape index (κ3) is 8.56. The zero-order chi connectivity index (χ0) is 29.0. The second kappa shape index (κ2) is 11.5. The summed E-state index contributed by atoms with van der Waals surface area (Å²) in [4.78, 5) is 32.7. The van der Waals surface area contributed by atoms with Gasteiger partial charge in [-0.15, -0.1) is 0 Å². The lowest BCUT2D eigenvalue weighted by Crippen LogP contribution is -2.23. The summed E-state index contributed by atoms with van der Waals surface area (Å²) in [5.74, 6) is -1.84. The Balaban J connectivity index is 1.82. The highest BCUT2D eigenvalue weighted by Gasteiger charge is 2.20. The van der Waals surface area contributed by atoms with Gasteiger partial charge in [0.25, 0.3) is 0 Å². The van der Waals surface area contributed by atoms with Gasteiger partial charge in [-0.1, -0.05) is 12.2 Å². The number of allylic oxidation sites excluding steroid dienone is 6. The van der Waals surface area contributed by atoms with E-state index in [0.29, 0.717) is 41.1 Å². The molecular weight excluding hydrogens is 503 g/mol. The first-order valence-electron chi connectivity index (χ1n) is 12.4. The smallest absolute Gasteiger partial charge is 0.331 e. The molecule has 0 aromatic carbocycles. The van der Waals surface area contributed by atoms with E-state index in [1.54, 1.807) is 59.8 Å². The molecule has 0 aliphatic heterocycles. The van der Waals surface area contributed by atoms with Gasteiger partial charge in [-0.3, -0.25) is 0 Å². The molecule has 0 amide bonds. The largest absolute Gasteiger partial charge is 0.457 e. The molecule has 11 heteroatoms. The Bertz CT molecular complexity index is 1340. The second-order valence-electron chi connectivity index (χ2n) is 10.9. The minimum atomic E-state index is -0.718. The number of halogens is 1. The van der Waals surface area contributed by atoms with E-state index in [9.17, 15) is 14.0 Å². The molecule has 208 valence electrons. The fourth-order valence-electron chi connectivity index (χ4n) is 3.55. The van der Waals surface area contributed by atoms with Crippen molar-refractivity contribution in [3.05, 3.63) is 82.4 Å². The quantitative estimate of drug-likeness (QED) is 0.305. The summed E-state index contributed by atoms with van der Waals surface area (Å²) < 4.78 is 25.3. The van der Waals surface area contributed by atoms with Gasteiger partial charge in [-0.05, 0) is 77.7 Å². The van der Waals surface area contributed by atoms with Crippen LogP contribution in [0, 0.1) is 5.82 Å². The molecule has 0 fully saturated rings. The minimum absolute atomic E-state index is 0.0588. The molecule has 1 heterocycles. The van der Waals surface area contributed by atoms with Gasteiger partial charge < -0.3 is 31.6 Å². The Morgan fingerprint density at radius 3 is 1.79 bits per heavy atom. The Hall–Kier alpha value is -4.41. The van der Waals surface area contributed by atoms with Crippen LogP contribution in [0.5, 0.6) is 0 Å². The highest BCUT2D eigenvalue weighted by Crippen LogP contribution is 2.26. The molecule has 6 N–H and O–H groups in total. The number of nitrogens with two attached hydrogens (primary N) is 2. The average Bonchev–Trinajstić information content (AvgIpc) is 2.79. The molecule has 0 unspecified atom stereocenters. The summed E-state index contributed by atoms with van der Waals surface area (Å²) in [5.41, 5.74) is 13.7. The number of rotatable bonds is 6. The number of nitrogens with one attached hydrogen (secondary N) is 2. The molecule has 3 rings (SSSR count). The summed E-state index contributed by atoms with van der Waals surface area (Å²) in [6, 6.07) is 0. The van der Waals surface area contributed by atoms with Crippen LogP contribution < -0.4 is 22.1 Å². The minimum Gasteiger partial charge on any atom is -0.457 e. The number of nitrogens with zero attached hydrogens (tertiary/aromatic N) is 2. The fourth-order valence-corrected chi connectivity index (χ4v) is 3.55. The van der Waals surface area contributed by atoms with Crippen LogP contribution in [0.25, 0.3) is 0 Å². The van der Waals surface area contributed by atoms with Gasteiger partial charge in [0, 0.05) is 12.2 Å². The van der Waals surface area contributed by atoms with Crippen molar-refractivity contribution in [3.8, 4) is 0 Å². The van der Waals surface area contributed by atoms with Crippen molar-refractivity contribution in [2.45, 2.75) is 65.6 Å². The van der Waals surface area contributed by atoms with E-state index >= 15 is 0 Å². The molecule has 0 spiro atoms. The van der Waals surface area contributed by atoms with E-state index in [-0.39, 0.29) is 17.5 Å². The topological polar surface area (TPSA) is 154 Å². The number of anilines is 2. The molecule has 0 bridgehead atoms. The standard InChI is InChI=1S/C28H35FN6O4/c1-27(2,3)38-21(36)13-16-9-7-11-19(23(16)30)33-25-18(29)15-32-26(35-25)34-20-12-8-10-17(24(20)31)14-22(37)39-28(4,5)6/h7-8,11-15H,9-10,30-31H2,1-6H3,(H2,32,33,34,35). The maximum absolute atomic E-state index is 14.6. The third-order valence-corrected chi connectivity index (χ3v) is 5.16. The lowest BCUT2D eigenvalue weighted by Gasteiger charge is -2.20. The Morgan fingerprint density at radius 1 is 0.872 bits per heavy atom. The highest BCUT2D eigenvalue weighted by atomic mass is 19.1. The van der Waals surface area contributed by atoms with Crippen molar-refractivity contribution >= 4 is 23.7 Å². The van der Waals surface area contributed by atoms with Crippen molar-refractivity contribution in [2.75, 3.05) is 10.6 Å². The molecule has 2 aliphatic carbocycles. The van der Waals surface area contributed by atoms with Gasteiger partial charge in [0.1, 0.15) is 11.2 Å². The van der Waals surface area contributed by atoms with E-state index in [1.807, 2.05) is 6.08 Å². The molecule has 0 atom stereocenters.